The minimum atomic E-state index is 0.0139. The minimum absolute atomic E-state index is 0.0139. The first kappa shape index (κ1) is 14.0. The predicted octanol–water partition coefficient (Wildman–Crippen LogP) is 0.599. The largest absolute Gasteiger partial charge is 0.314 e. The van der Waals surface area contributed by atoms with Crippen molar-refractivity contribution in [2.75, 3.05) is 32.7 Å². The molecule has 2 amide bonds. The molecule has 0 spiro atoms. The average Bonchev–Trinajstić information content (AvgIpc) is 3.09. The Kier molecular flexibility index (Phi) is 4.36. The number of amides is 2. The van der Waals surface area contributed by atoms with Crippen LogP contribution in [0.5, 0.6) is 0 Å². The summed E-state index contributed by atoms with van der Waals surface area (Å²) in [7, 11) is 0. The first-order chi connectivity index (χ1) is 9.74. The van der Waals surface area contributed by atoms with E-state index in [2.05, 4.69) is 10.2 Å². The molecule has 0 aromatic rings. The predicted molar refractivity (Wildman–Crippen MR) is 76.1 cm³/mol. The van der Waals surface area contributed by atoms with Crippen LogP contribution in [-0.2, 0) is 9.59 Å². The van der Waals surface area contributed by atoms with Gasteiger partial charge in [-0.25, -0.2) is 0 Å². The van der Waals surface area contributed by atoms with Crippen molar-refractivity contribution in [3.05, 3.63) is 0 Å². The molecule has 0 bridgehead atoms. The van der Waals surface area contributed by atoms with E-state index in [0.29, 0.717) is 19.4 Å². The van der Waals surface area contributed by atoms with E-state index in [4.69, 9.17) is 0 Å². The van der Waals surface area contributed by atoms with Gasteiger partial charge in [0.1, 0.15) is 0 Å². The molecule has 0 aromatic carbocycles. The Morgan fingerprint density at radius 2 is 1.70 bits per heavy atom. The molecule has 3 aliphatic rings. The van der Waals surface area contributed by atoms with Crippen LogP contribution in [0.2, 0.25) is 0 Å². The molecule has 5 heteroatoms. The maximum Gasteiger partial charge on any atom is 0.229 e. The quantitative estimate of drug-likeness (QED) is 0.766. The van der Waals surface area contributed by atoms with Gasteiger partial charge in [0, 0.05) is 32.0 Å². The second-order valence-corrected chi connectivity index (χ2v) is 6.32. The summed E-state index contributed by atoms with van der Waals surface area (Å²) in [6.07, 6.45) is 5.98. The first-order valence-corrected chi connectivity index (χ1v) is 8.03. The van der Waals surface area contributed by atoms with Crippen LogP contribution in [0.1, 0.15) is 38.5 Å². The van der Waals surface area contributed by atoms with E-state index in [9.17, 15) is 9.59 Å². The molecule has 0 aliphatic carbocycles. The van der Waals surface area contributed by atoms with E-state index in [0.717, 1.165) is 31.6 Å². The van der Waals surface area contributed by atoms with Crippen LogP contribution in [0.15, 0.2) is 0 Å². The van der Waals surface area contributed by atoms with Gasteiger partial charge < -0.3 is 10.2 Å². The molecule has 3 heterocycles. The average molecular weight is 279 g/mol. The van der Waals surface area contributed by atoms with Crippen molar-refractivity contribution in [3.8, 4) is 0 Å². The molecule has 3 rings (SSSR count). The van der Waals surface area contributed by atoms with Crippen molar-refractivity contribution in [1.82, 2.24) is 15.1 Å². The van der Waals surface area contributed by atoms with Gasteiger partial charge in [0.05, 0.1) is 0 Å². The SMILES string of the molecule is O=C1CCC(=O)N1CCN1CCC(C2CCCN2)CC1. The Balaban J connectivity index is 1.40. The fourth-order valence-electron chi connectivity index (χ4n) is 3.81. The maximum absolute atomic E-state index is 11.6. The van der Waals surface area contributed by atoms with E-state index in [-0.39, 0.29) is 11.8 Å². The highest BCUT2D eigenvalue weighted by Gasteiger charge is 2.31. The highest BCUT2D eigenvalue weighted by Crippen LogP contribution is 2.25. The standard InChI is InChI=1S/C15H25N3O2/c19-14-3-4-15(20)18(14)11-10-17-8-5-12(6-9-17)13-2-1-7-16-13/h12-13,16H,1-11H2. The Morgan fingerprint density at radius 3 is 2.30 bits per heavy atom. The number of imide groups is 1. The fraction of sp³-hybridized carbons (Fsp3) is 0.867. The number of nitrogens with one attached hydrogen (secondary N) is 1. The van der Waals surface area contributed by atoms with Crippen molar-refractivity contribution in [2.45, 2.75) is 44.6 Å². The van der Waals surface area contributed by atoms with Crippen molar-refractivity contribution in [2.24, 2.45) is 5.92 Å². The lowest BCUT2D eigenvalue weighted by molar-refractivity contribution is -0.138. The van der Waals surface area contributed by atoms with Crippen LogP contribution in [0.4, 0.5) is 0 Å². The lowest BCUT2D eigenvalue weighted by Crippen LogP contribution is -2.44. The van der Waals surface area contributed by atoms with Crippen LogP contribution in [0, 0.1) is 5.92 Å². The Labute approximate surface area is 120 Å². The van der Waals surface area contributed by atoms with E-state index in [1.165, 1.54) is 37.1 Å². The van der Waals surface area contributed by atoms with Gasteiger partial charge in [-0.2, -0.15) is 0 Å². The molecule has 3 saturated heterocycles. The van der Waals surface area contributed by atoms with Gasteiger partial charge in [-0.1, -0.05) is 0 Å². The molecular formula is C15H25N3O2. The molecule has 112 valence electrons. The molecule has 1 N–H and O–H groups in total. The number of carbonyl (C=O) groups is 2. The van der Waals surface area contributed by atoms with Crippen molar-refractivity contribution < 1.29 is 9.59 Å². The number of hydrogen-bond acceptors (Lipinski definition) is 4. The zero-order valence-electron chi connectivity index (χ0n) is 12.1. The second kappa shape index (κ2) is 6.22. The lowest BCUT2D eigenvalue weighted by atomic mass is 9.88. The summed E-state index contributed by atoms with van der Waals surface area (Å²) in [6.45, 7) is 4.84. The van der Waals surface area contributed by atoms with Gasteiger partial charge in [-0.15, -0.1) is 0 Å². The summed E-state index contributed by atoms with van der Waals surface area (Å²) in [6, 6.07) is 0.735. The van der Waals surface area contributed by atoms with E-state index >= 15 is 0 Å². The monoisotopic (exact) mass is 279 g/mol. The van der Waals surface area contributed by atoms with Gasteiger partial charge in [-0.3, -0.25) is 14.5 Å². The number of carbonyl (C=O) groups excluding carboxylic acids is 2. The summed E-state index contributed by atoms with van der Waals surface area (Å²) < 4.78 is 0. The van der Waals surface area contributed by atoms with Gasteiger partial charge in [0.25, 0.3) is 0 Å². The van der Waals surface area contributed by atoms with E-state index < -0.39 is 0 Å². The summed E-state index contributed by atoms with van der Waals surface area (Å²) in [5, 5.41) is 3.61. The lowest BCUT2D eigenvalue weighted by Gasteiger charge is -2.35. The number of hydrogen-bond donors (Lipinski definition) is 1. The number of likely N-dealkylation sites (tertiary alicyclic amines) is 2. The summed E-state index contributed by atoms with van der Waals surface area (Å²) >= 11 is 0. The molecule has 1 unspecified atom stereocenters. The summed E-state index contributed by atoms with van der Waals surface area (Å²) in [5.74, 6) is 0.851. The molecule has 5 nitrogen and oxygen atoms in total. The third-order valence-corrected chi connectivity index (χ3v) is 5.09. The molecule has 3 aliphatic heterocycles. The highest BCUT2D eigenvalue weighted by molar-refractivity contribution is 6.01. The fourth-order valence-corrected chi connectivity index (χ4v) is 3.81. The molecule has 1 atom stereocenters. The molecule has 0 aromatic heterocycles. The first-order valence-electron chi connectivity index (χ1n) is 8.03. The number of nitrogens with zero attached hydrogens (tertiary/aromatic N) is 2. The second-order valence-electron chi connectivity index (χ2n) is 6.32. The van der Waals surface area contributed by atoms with Gasteiger partial charge >= 0.3 is 0 Å². The normalized spacial score (nSPS) is 29.6. The molecule has 3 fully saturated rings. The third-order valence-electron chi connectivity index (χ3n) is 5.09. The van der Waals surface area contributed by atoms with Crippen LogP contribution in [0.25, 0.3) is 0 Å². The molecular weight excluding hydrogens is 254 g/mol. The van der Waals surface area contributed by atoms with Crippen molar-refractivity contribution in [3.63, 3.8) is 0 Å². The number of piperidine rings is 1. The van der Waals surface area contributed by atoms with Crippen LogP contribution >= 0.6 is 0 Å². The van der Waals surface area contributed by atoms with Gasteiger partial charge in [0.2, 0.25) is 11.8 Å². The zero-order chi connectivity index (χ0) is 13.9. The van der Waals surface area contributed by atoms with Gasteiger partial charge in [0.15, 0.2) is 0 Å². The Bertz CT molecular complexity index is 355. The molecule has 20 heavy (non-hydrogen) atoms. The molecule has 0 saturated carbocycles. The van der Waals surface area contributed by atoms with Gasteiger partial charge in [-0.05, 0) is 51.2 Å². The Morgan fingerprint density at radius 1 is 1.00 bits per heavy atom. The number of rotatable bonds is 4. The Hall–Kier alpha value is -0.940. The van der Waals surface area contributed by atoms with Crippen LogP contribution in [0.3, 0.4) is 0 Å². The smallest absolute Gasteiger partial charge is 0.229 e. The van der Waals surface area contributed by atoms with E-state index in [1.807, 2.05) is 0 Å². The minimum Gasteiger partial charge on any atom is -0.314 e. The van der Waals surface area contributed by atoms with Crippen molar-refractivity contribution >= 4 is 11.8 Å². The van der Waals surface area contributed by atoms with E-state index in [1.54, 1.807) is 0 Å². The van der Waals surface area contributed by atoms with Crippen LogP contribution in [-0.4, -0.2) is 60.4 Å². The molecule has 0 radical (unpaired) electrons. The maximum atomic E-state index is 11.6. The topological polar surface area (TPSA) is 52.7 Å². The summed E-state index contributed by atoms with van der Waals surface area (Å²) in [4.78, 5) is 27.0. The van der Waals surface area contributed by atoms with Crippen LogP contribution < -0.4 is 5.32 Å². The third kappa shape index (κ3) is 3.04. The highest BCUT2D eigenvalue weighted by atomic mass is 16.2. The van der Waals surface area contributed by atoms with Crippen molar-refractivity contribution in [1.29, 1.82) is 0 Å². The zero-order valence-corrected chi connectivity index (χ0v) is 12.1. The summed E-state index contributed by atoms with van der Waals surface area (Å²) in [5.41, 5.74) is 0.